The summed E-state index contributed by atoms with van der Waals surface area (Å²) in [5.41, 5.74) is 0.555. The largest absolute Gasteiger partial charge is 0.481 e. The highest BCUT2D eigenvalue weighted by Gasteiger charge is 2.53. The number of hydrogen-bond donors (Lipinski definition) is 1. The molecule has 0 spiro atoms. The van der Waals surface area contributed by atoms with E-state index >= 15 is 0 Å². The number of carboxylic acids is 1. The molecule has 0 aromatic heterocycles. The monoisotopic (exact) mass is 307 g/mol. The molecule has 1 saturated heterocycles. The lowest BCUT2D eigenvalue weighted by Crippen LogP contribution is -2.46. The average Bonchev–Trinajstić information content (AvgIpc) is 3.29. The van der Waals surface area contributed by atoms with Gasteiger partial charge in [-0.3, -0.25) is 9.59 Å². The highest BCUT2D eigenvalue weighted by atomic mass is 35.5. The molecule has 1 N–H and O–H groups in total. The molecule has 1 atom stereocenters. The summed E-state index contributed by atoms with van der Waals surface area (Å²) in [6.07, 6.45) is 3.09. The fourth-order valence-corrected chi connectivity index (χ4v) is 3.31. The van der Waals surface area contributed by atoms with E-state index in [4.69, 9.17) is 16.7 Å². The second-order valence-electron chi connectivity index (χ2n) is 6.02. The number of carbonyl (C=O) groups is 2. The minimum Gasteiger partial charge on any atom is -0.481 e. The Morgan fingerprint density at radius 1 is 1.24 bits per heavy atom. The van der Waals surface area contributed by atoms with Gasteiger partial charge >= 0.3 is 5.97 Å². The van der Waals surface area contributed by atoms with Gasteiger partial charge in [-0.1, -0.05) is 23.7 Å². The van der Waals surface area contributed by atoms with Gasteiger partial charge < -0.3 is 10.0 Å². The topological polar surface area (TPSA) is 57.6 Å². The van der Waals surface area contributed by atoms with Crippen LogP contribution in [0, 0.1) is 5.92 Å². The van der Waals surface area contributed by atoms with E-state index in [-0.39, 0.29) is 5.91 Å². The zero-order chi connectivity index (χ0) is 15.0. The molecule has 1 saturated carbocycles. The summed E-state index contributed by atoms with van der Waals surface area (Å²) >= 11 is 5.90. The molecule has 1 amide bonds. The van der Waals surface area contributed by atoms with Crippen molar-refractivity contribution < 1.29 is 14.7 Å². The van der Waals surface area contributed by atoms with E-state index in [0.29, 0.717) is 24.5 Å². The molecule has 1 aliphatic heterocycles. The molecule has 21 heavy (non-hydrogen) atoms. The summed E-state index contributed by atoms with van der Waals surface area (Å²) in [5.74, 6) is -1.15. The molecule has 2 fully saturated rings. The fraction of sp³-hybridized carbons (Fsp3) is 0.500. The van der Waals surface area contributed by atoms with Crippen LogP contribution in [0.25, 0.3) is 0 Å². The number of benzene rings is 1. The summed E-state index contributed by atoms with van der Waals surface area (Å²) in [6, 6.07) is 7.43. The third-order valence-corrected chi connectivity index (χ3v) is 4.87. The zero-order valence-corrected chi connectivity index (χ0v) is 12.5. The number of hydrogen-bond acceptors (Lipinski definition) is 2. The number of piperidine rings is 1. The highest BCUT2D eigenvalue weighted by molar-refractivity contribution is 6.30. The number of aliphatic carboxylic acids is 1. The second kappa shape index (κ2) is 5.34. The maximum Gasteiger partial charge on any atom is 0.308 e. The van der Waals surface area contributed by atoms with Crippen molar-refractivity contribution in [3.8, 4) is 0 Å². The van der Waals surface area contributed by atoms with Crippen molar-refractivity contribution in [3.05, 3.63) is 34.9 Å². The lowest BCUT2D eigenvalue weighted by Gasteiger charge is -2.33. The van der Waals surface area contributed by atoms with Gasteiger partial charge in [0.15, 0.2) is 0 Å². The first-order valence-corrected chi connectivity index (χ1v) is 7.69. The van der Waals surface area contributed by atoms with E-state index in [9.17, 15) is 9.59 Å². The smallest absolute Gasteiger partial charge is 0.308 e. The summed E-state index contributed by atoms with van der Waals surface area (Å²) in [7, 11) is 0. The molecule has 0 bridgehead atoms. The first kappa shape index (κ1) is 14.4. The van der Waals surface area contributed by atoms with Crippen LogP contribution in [0.3, 0.4) is 0 Å². The van der Waals surface area contributed by atoms with E-state index in [2.05, 4.69) is 0 Å². The van der Waals surface area contributed by atoms with E-state index in [0.717, 1.165) is 24.8 Å². The highest BCUT2D eigenvalue weighted by Crippen LogP contribution is 2.50. The van der Waals surface area contributed by atoms with Crippen LogP contribution in [0.4, 0.5) is 0 Å². The van der Waals surface area contributed by atoms with E-state index < -0.39 is 17.3 Å². The molecule has 2 aliphatic rings. The van der Waals surface area contributed by atoms with E-state index in [1.165, 1.54) is 0 Å². The van der Waals surface area contributed by atoms with Crippen molar-refractivity contribution in [2.45, 2.75) is 31.1 Å². The van der Waals surface area contributed by atoms with E-state index in [1.54, 1.807) is 17.0 Å². The molecule has 1 aliphatic carbocycles. The van der Waals surface area contributed by atoms with Gasteiger partial charge in [-0.05, 0) is 43.4 Å². The van der Waals surface area contributed by atoms with Crippen molar-refractivity contribution in [2.24, 2.45) is 5.92 Å². The minimum atomic E-state index is -0.802. The van der Waals surface area contributed by atoms with Crippen molar-refractivity contribution in [2.75, 3.05) is 13.1 Å². The molecule has 1 aromatic rings. The van der Waals surface area contributed by atoms with Crippen molar-refractivity contribution in [1.82, 2.24) is 4.90 Å². The lowest BCUT2D eigenvalue weighted by molar-refractivity contribution is -0.146. The van der Waals surface area contributed by atoms with Crippen LogP contribution in [0.2, 0.25) is 5.02 Å². The molecular formula is C16H18ClNO3. The minimum absolute atomic E-state index is 0.0794. The number of likely N-dealkylation sites (tertiary alicyclic amines) is 1. The second-order valence-corrected chi connectivity index (χ2v) is 6.45. The average molecular weight is 308 g/mol. The zero-order valence-electron chi connectivity index (χ0n) is 11.7. The van der Waals surface area contributed by atoms with Gasteiger partial charge in [-0.2, -0.15) is 0 Å². The van der Waals surface area contributed by atoms with Crippen LogP contribution in [-0.4, -0.2) is 35.0 Å². The Kier molecular flexibility index (Phi) is 3.66. The molecule has 1 aromatic carbocycles. The van der Waals surface area contributed by atoms with Gasteiger partial charge in [-0.25, -0.2) is 0 Å². The van der Waals surface area contributed by atoms with Gasteiger partial charge in [-0.15, -0.1) is 0 Å². The Bertz CT molecular complexity index is 565. The first-order valence-electron chi connectivity index (χ1n) is 7.31. The van der Waals surface area contributed by atoms with Crippen molar-refractivity contribution >= 4 is 23.5 Å². The molecule has 3 rings (SSSR count). The summed E-state index contributed by atoms with van der Waals surface area (Å²) in [6.45, 7) is 1.00. The summed E-state index contributed by atoms with van der Waals surface area (Å²) in [4.78, 5) is 25.7. The normalized spacial score (nSPS) is 23.7. The maximum atomic E-state index is 12.8. The van der Waals surface area contributed by atoms with Gasteiger partial charge in [0.25, 0.3) is 0 Å². The van der Waals surface area contributed by atoms with Gasteiger partial charge in [0.2, 0.25) is 5.91 Å². The predicted octanol–water partition coefficient (Wildman–Crippen LogP) is 2.69. The van der Waals surface area contributed by atoms with Crippen LogP contribution >= 0.6 is 11.6 Å². The lowest BCUT2D eigenvalue weighted by atomic mass is 9.91. The Morgan fingerprint density at radius 2 is 1.90 bits per heavy atom. The molecule has 1 heterocycles. The van der Waals surface area contributed by atoms with Crippen molar-refractivity contribution in [1.29, 1.82) is 0 Å². The quantitative estimate of drug-likeness (QED) is 0.934. The Labute approximate surface area is 128 Å². The number of amides is 1. The third kappa shape index (κ3) is 2.64. The number of halogens is 1. The SMILES string of the molecule is O=C(O)[C@H]1CCCN(C(=O)C2(c3ccc(Cl)cc3)CC2)C1. The van der Waals surface area contributed by atoms with Gasteiger partial charge in [0.1, 0.15) is 0 Å². The standard InChI is InChI=1S/C16H18ClNO3/c17-13-5-3-12(4-6-13)16(7-8-16)15(21)18-9-1-2-11(10-18)14(19)20/h3-6,11H,1-2,7-10H2,(H,19,20)/t11-/m0/s1. The molecule has 0 radical (unpaired) electrons. The van der Waals surface area contributed by atoms with Gasteiger partial charge in [0.05, 0.1) is 11.3 Å². The van der Waals surface area contributed by atoms with E-state index in [1.807, 2.05) is 12.1 Å². The fourth-order valence-electron chi connectivity index (χ4n) is 3.19. The van der Waals surface area contributed by atoms with Gasteiger partial charge in [0, 0.05) is 18.1 Å². The molecule has 5 heteroatoms. The third-order valence-electron chi connectivity index (χ3n) is 4.61. The Morgan fingerprint density at radius 3 is 2.48 bits per heavy atom. The maximum absolute atomic E-state index is 12.8. The molecule has 112 valence electrons. The first-order chi connectivity index (χ1) is 10.0. The summed E-state index contributed by atoms with van der Waals surface area (Å²) in [5, 5.41) is 9.81. The van der Waals surface area contributed by atoms with Crippen molar-refractivity contribution in [3.63, 3.8) is 0 Å². The number of nitrogens with zero attached hydrogens (tertiary/aromatic N) is 1. The van der Waals surface area contributed by atoms with Crippen LogP contribution < -0.4 is 0 Å². The van der Waals surface area contributed by atoms with Crippen LogP contribution in [0.1, 0.15) is 31.2 Å². The van der Waals surface area contributed by atoms with Crippen LogP contribution in [0.5, 0.6) is 0 Å². The molecule has 4 nitrogen and oxygen atoms in total. The van der Waals surface area contributed by atoms with Crippen LogP contribution in [0.15, 0.2) is 24.3 Å². The summed E-state index contributed by atoms with van der Waals surface area (Å²) < 4.78 is 0. The molecule has 0 unspecified atom stereocenters. The Hall–Kier alpha value is -1.55. The van der Waals surface area contributed by atoms with Crippen LogP contribution in [-0.2, 0) is 15.0 Å². The Balaban J connectivity index is 1.78. The molecular weight excluding hydrogens is 290 g/mol. The number of carboxylic acid groups (broad SMARTS) is 1. The predicted molar refractivity (Wildman–Crippen MR) is 79.3 cm³/mol. The number of rotatable bonds is 3. The number of carbonyl (C=O) groups excluding carboxylic acids is 1.